The van der Waals surface area contributed by atoms with Crippen LogP contribution in [0.15, 0.2) is 80.0 Å². The van der Waals surface area contributed by atoms with Gasteiger partial charge in [0.05, 0.1) is 16.9 Å². The lowest BCUT2D eigenvalue weighted by atomic mass is 10.2. The minimum Gasteiger partial charge on any atom is -0.497 e. The molecule has 0 saturated heterocycles. The molecule has 2 aromatic carbocycles. The maximum absolute atomic E-state index is 12.6. The van der Waals surface area contributed by atoms with Gasteiger partial charge in [-0.2, -0.15) is 0 Å². The summed E-state index contributed by atoms with van der Waals surface area (Å²) in [5.41, 5.74) is 0.123. The molecule has 0 fully saturated rings. The summed E-state index contributed by atoms with van der Waals surface area (Å²) in [5, 5.41) is 1.23. The van der Waals surface area contributed by atoms with Crippen molar-refractivity contribution < 1.29 is 26.4 Å². The fraction of sp³-hybridized carbons (Fsp3) is 0.0556. The highest BCUT2D eigenvalue weighted by Gasteiger charge is 2.25. The number of nitrogens with one attached hydrogen (secondary N) is 1. The number of ether oxygens (including phenoxy) is 1. The van der Waals surface area contributed by atoms with Gasteiger partial charge in [-0.25, -0.2) is 21.6 Å². The Morgan fingerprint density at radius 1 is 0.929 bits per heavy atom. The maximum Gasteiger partial charge on any atom is 0.273 e. The topological polar surface area (TPSA) is 107 Å². The predicted molar refractivity (Wildman–Crippen MR) is 104 cm³/mol. The Balaban J connectivity index is 1.84. The molecule has 1 amide bonds. The monoisotopic (exact) mass is 437 g/mol. The number of methoxy groups -OCH3 is 1. The van der Waals surface area contributed by atoms with Crippen LogP contribution in [0.25, 0.3) is 0 Å². The Morgan fingerprint density at radius 2 is 1.57 bits per heavy atom. The molecule has 0 saturated carbocycles. The molecule has 0 aliphatic rings. The summed E-state index contributed by atoms with van der Waals surface area (Å²) in [6.45, 7) is 0. The molecular formula is C18H15NO6S3. The van der Waals surface area contributed by atoms with Crippen molar-refractivity contribution in [2.24, 2.45) is 0 Å². The van der Waals surface area contributed by atoms with Crippen LogP contribution in [0.4, 0.5) is 0 Å². The molecule has 1 aromatic heterocycles. The third-order valence-corrected chi connectivity index (χ3v) is 8.43. The van der Waals surface area contributed by atoms with Crippen molar-refractivity contribution in [1.82, 2.24) is 4.72 Å². The quantitative estimate of drug-likeness (QED) is 0.635. The minimum absolute atomic E-state index is 0.0546. The van der Waals surface area contributed by atoms with Gasteiger partial charge >= 0.3 is 0 Å². The van der Waals surface area contributed by atoms with Crippen molar-refractivity contribution in [2.75, 3.05) is 7.11 Å². The molecule has 146 valence electrons. The van der Waals surface area contributed by atoms with Crippen LogP contribution in [0, 0.1) is 0 Å². The number of benzene rings is 2. The van der Waals surface area contributed by atoms with E-state index in [1.165, 1.54) is 48.9 Å². The van der Waals surface area contributed by atoms with E-state index >= 15 is 0 Å². The number of sulfone groups is 1. The molecule has 28 heavy (non-hydrogen) atoms. The zero-order chi connectivity index (χ0) is 20.4. The average molecular weight is 438 g/mol. The number of carbonyl (C=O) groups is 1. The first-order valence-electron chi connectivity index (χ1n) is 7.84. The SMILES string of the molecule is COc1ccc(C(=O)NS(=O)(=O)c2cc(S(=O)(=O)c3ccccc3)cs2)cc1. The summed E-state index contributed by atoms with van der Waals surface area (Å²) in [7, 11) is -6.60. The molecular weight excluding hydrogens is 422 g/mol. The van der Waals surface area contributed by atoms with E-state index in [-0.39, 0.29) is 19.6 Å². The highest BCUT2D eigenvalue weighted by atomic mass is 32.2. The highest BCUT2D eigenvalue weighted by molar-refractivity contribution is 7.93. The van der Waals surface area contributed by atoms with Gasteiger partial charge in [-0.15, -0.1) is 11.3 Å². The molecule has 0 unspecified atom stereocenters. The Labute approximate surface area is 166 Å². The highest BCUT2D eigenvalue weighted by Crippen LogP contribution is 2.28. The average Bonchev–Trinajstić information content (AvgIpc) is 3.20. The lowest BCUT2D eigenvalue weighted by Crippen LogP contribution is -2.30. The van der Waals surface area contributed by atoms with Gasteiger partial charge in [-0.1, -0.05) is 18.2 Å². The first-order chi connectivity index (χ1) is 13.2. The van der Waals surface area contributed by atoms with E-state index in [9.17, 15) is 21.6 Å². The van der Waals surface area contributed by atoms with Gasteiger partial charge in [0.2, 0.25) is 9.84 Å². The normalized spacial score (nSPS) is 11.8. The number of sulfonamides is 1. The smallest absolute Gasteiger partial charge is 0.273 e. The first kappa shape index (κ1) is 20.1. The van der Waals surface area contributed by atoms with E-state index in [1.54, 1.807) is 18.2 Å². The third kappa shape index (κ3) is 4.08. The number of rotatable bonds is 6. The van der Waals surface area contributed by atoms with Crippen LogP contribution in [0.2, 0.25) is 0 Å². The molecule has 1 N–H and O–H groups in total. The van der Waals surface area contributed by atoms with E-state index in [0.717, 1.165) is 17.4 Å². The van der Waals surface area contributed by atoms with Gasteiger partial charge < -0.3 is 4.74 Å². The second-order valence-electron chi connectivity index (χ2n) is 5.58. The maximum atomic E-state index is 12.6. The van der Waals surface area contributed by atoms with Crippen LogP contribution < -0.4 is 9.46 Å². The summed E-state index contributed by atoms with van der Waals surface area (Å²) < 4.78 is 56.8. The van der Waals surface area contributed by atoms with Gasteiger partial charge in [0, 0.05) is 10.9 Å². The van der Waals surface area contributed by atoms with E-state index in [2.05, 4.69) is 0 Å². The van der Waals surface area contributed by atoms with Crippen LogP contribution in [-0.4, -0.2) is 29.9 Å². The number of hydrogen-bond acceptors (Lipinski definition) is 7. The number of hydrogen-bond donors (Lipinski definition) is 1. The Morgan fingerprint density at radius 3 is 2.18 bits per heavy atom. The predicted octanol–water partition coefficient (Wildman–Crippen LogP) is 2.71. The van der Waals surface area contributed by atoms with E-state index in [1.807, 2.05) is 4.72 Å². The van der Waals surface area contributed by atoms with Gasteiger partial charge in [0.15, 0.2) is 0 Å². The molecule has 3 rings (SSSR count). The molecule has 0 spiro atoms. The zero-order valence-corrected chi connectivity index (χ0v) is 17.0. The molecule has 0 aliphatic heterocycles. The molecule has 10 heteroatoms. The lowest BCUT2D eigenvalue weighted by molar-refractivity contribution is 0.0981. The fourth-order valence-electron chi connectivity index (χ4n) is 2.29. The second-order valence-corrected chi connectivity index (χ2v) is 10.4. The molecule has 0 aliphatic carbocycles. The first-order valence-corrected chi connectivity index (χ1v) is 11.7. The van der Waals surface area contributed by atoms with Crippen LogP contribution in [0.1, 0.15) is 10.4 Å². The van der Waals surface area contributed by atoms with E-state index in [4.69, 9.17) is 4.74 Å². The van der Waals surface area contributed by atoms with Crippen molar-refractivity contribution in [2.45, 2.75) is 14.0 Å². The van der Waals surface area contributed by atoms with Crippen LogP contribution in [-0.2, 0) is 19.9 Å². The lowest BCUT2D eigenvalue weighted by Gasteiger charge is -2.06. The van der Waals surface area contributed by atoms with Crippen LogP contribution in [0.3, 0.4) is 0 Å². The van der Waals surface area contributed by atoms with Crippen LogP contribution in [0.5, 0.6) is 5.75 Å². The zero-order valence-electron chi connectivity index (χ0n) is 14.5. The summed E-state index contributed by atoms with van der Waals surface area (Å²) >= 11 is 0.719. The number of thiophene rings is 1. The minimum atomic E-state index is -4.22. The molecule has 0 atom stereocenters. The number of amides is 1. The van der Waals surface area contributed by atoms with Gasteiger partial charge in [-0.3, -0.25) is 4.79 Å². The summed E-state index contributed by atoms with van der Waals surface area (Å²) in [6, 6.07) is 14.6. The molecule has 0 bridgehead atoms. The van der Waals surface area contributed by atoms with Crippen molar-refractivity contribution in [3.8, 4) is 5.75 Å². The molecule has 1 heterocycles. The third-order valence-electron chi connectivity index (χ3n) is 3.76. The largest absolute Gasteiger partial charge is 0.497 e. The summed E-state index contributed by atoms with van der Waals surface area (Å²) in [5.74, 6) is -0.308. The van der Waals surface area contributed by atoms with E-state index in [0.29, 0.717) is 5.75 Å². The van der Waals surface area contributed by atoms with E-state index < -0.39 is 25.8 Å². The Bertz CT molecular complexity index is 1200. The molecule has 0 radical (unpaired) electrons. The number of carbonyl (C=O) groups excluding carboxylic acids is 1. The molecule has 7 nitrogen and oxygen atoms in total. The van der Waals surface area contributed by atoms with Crippen molar-refractivity contribution in [1.29, 1.82) is 0 Å². The van der Waals surface area contributed by atoms with Gasteiger partial charge in [0.1, 0.15) is 9.96 Å². The summed E-state index contributed by atoms with van der Waals surface area (Å²) in [6.07, 6.45) is 0. The molecule has 3 aromatic rings. The Hall–Kier alpha value is -2.69. The summed E-state index contributed by atoms with van der Waals surface area (Å²) in [4.78, 5) is 12.1. The van der Waals surface area contributed by atoms with Crippen molar-refractivity contribution in [3.63, 3.8) is 0 Å². The van der Waals surface area contributed by atoms with Crippen LogP contribution >= 0.6 is 11.3 Å². The van der Waals surface area contributed by atoms with Crippen molar-refractivity contribution in [3.05, 3.63) is 71.6 Å². The second kappa shape index (κ2) is 7.74. The van der Waals surface area contributed by atoms with Crippen molar-refractivity contribution >= 4 is 37.1 Å². The Kier molecular flexibility index (Phi) is 5.54. The van der Waals surface area contributed by atoms with Gasteiger partial charge in [0.25, 0.3) is 15.9 Å². The standard InChI is InChI=1S/C18H15NO6S3/c1-25-14-9-7-13(8-10-14)18(20)19-28(23,24)17-11-16(12-26-17)27(21,22)15-5-3-2-4-6-15/h2-12H,1H3,(H,19,20). The fourth-order valence-corrected chi connectivity index (χ4v) is 6.17. The van der Waals surface area contributed by atoms with Gasteiger partial charge in [-0.05, 0) is 42.5 Å².